The average Bonchev–Trinajstić information content (AvgIpc) is 3.38. The maximum absolute atomic E-state index is 12.7. The number of nitrogens with two attached hydrogens (primary N) is 1. The Morgan fingerprint density at radius 2 is 1.97 bits per heavy atom. The van der Waals surface area contributed by atoms with Crippen molar-refractivity contribution in [2.75, 3.05) is 12.3 Å². The number of nitrogen functional groups attached to an aromatic ring is 1. The van der Waals surface area contributed by atoms with Gasteiger partial charge in [-0.3, -0.25) is 4.79 Å². The minimum Gasteiger partial charge on any atom is -0.462 e. The second kappa shape index (κ2) is 9.62. The molecule has 1 aliphatic heterocycles. The van der Waals surface area contributed by atoms with Crippen LogP contribution in [-0.2, 0) is 26.3 Å². The molecule has 0 amide bonds. The van der Waals surface area contributed by atoms with Gasteiger partial charge in [-0.15, -0.1) is 0 Å². The molecule has 4 rings (SSSR count). The van der Waals surface area contributed by atoms with Crippen molar-refractivity contribution in [1.29, 1.82) is 5.26 Å². The highest BCUT2D eigenvalue weighted by molar-refractivity contribution is 5.77. The molecule has 3 aromatic rings. The van der Waals surface area contributed by atoms with Crippen molar-refractivity contribution in [2.45, 2.75) is 57.0 Å². The zero-order valence-corrected chi connectivity index (χ0v) is 19.8. The van der Waals surface area contributed by atoms with Crippen LogP contribution in [0.3, 0.4) is 0 Å². The second-order valence-electron chi connectivity index (χ2n) is 9.29. The van der Waals surface area contributed by atoms with Crippen molar-refractivity contribution in [2.24, 2.45) is 5.92 Å². The molecule has 1 fully saturated rings. The van der Waals surface area contributed by atoms with Gasteiger partial charge in [-0.1, -0.05) is 38.1 Å². The van der Waals surface area contributed by atoms with Crippen LogP contribution in [-0.4, -0.2) is 55.7 Å². The Kier molecular flexibility index (Phi) is 6.76. The molecular formula is C25H29N5O5. The summed E-state index contributed by atoms with van der Waals surface area (Å²) in [5.41, 5.74) is 6.52. The molecule has 1 saturated heterocycles. The lowest BCUT2D eigenvalue weighted by molar-refractivity contribution is -0.152. The van der Waals surface area contributed by atoms with Gasteiger partial charge in [-0.2, -0.15) is 10.4 Å². The van der Waals surface area contributed by atoms with Gasteiger partial charge in [0.25, 0.3) is 0 Å². The van der Waals surface area contributed by atoms with E-state index in [-0.39, 0.29) is 18.1 Å². The normalized spacial score (nSPS) is 25.0. The molecular weight excluding hydrogens is 450 g/mol. The number of nitrogens with zero attached hydrogens (tertiary/aromatic N) is 4. The lowest BCUT2D eigenvalue weighted by Crippen LogP contribution is -2.41. The molecule has 1 aliphatic rings. The smallest absolute Gasteiger partial charge is 0.313 e. The molecule has 4 N–H and O–H groups in total. The van der Waals surface area contributed by atoms with Crippen LogP contribution in [0.4, 0.5) is 5.82 Å². The third kappa shape index (κ3) is 4.46. The molecule has 10 nitrogen and oxygen atoms in total. The summed E-state index contributed by atoms with van der Waals surface area (Å²) >= 11 is 0. The largest absolute Gasteiger partial charge is 0.462 e. The number of nitriles is 1. The van der Waals surface area contributed by atoms with Crippen LogP contribution in [0.15, 0.2) is 42.7 Å². The Labute approximate surface area is 202 Å². The van der Waals surface area contributed by atoms with E-state index in [1.54, 1.807) is 13.0 Å². The number of aromatic nitrogens is 3. The Balaban J connectivity index is 1.47. The van der Waals surface area contributed by atoms with Gasteiger partial charge < -0.3 is 25.4 Å². The SMILES string of the molecule is CC(C)Cc1ccc(C(C)C(=O)OC[C@H]2O[C@@](C#N)(c3ccc4c(N)ncnn34)[C@H](O)[C@@H]2O)cc1. The van der Waals surface area contributed by atoms with Gasteiger partial charge >= 0.3 is 5.97 Å². The van der Waals surface area contributed by atoms with Gasteiger partial charge in [-0.05, 0) is 42.5 Å². The predicted molar refractivity (Wildman–Crippen MR) is 126 cm³/mol. The minimum atomic E-state index is -1.94. The summed E-state index contributed by atoms with van der Waals surface area (Å²) in [4.78, 5) is 16.6. The number of ether oxygens (including phenoxy) is 2. The summed E-state index contributed by atoms with van der Waals surface area (Å²) in [5.74, 6) is -0.327. The van der Waals surface area contributed by atoms with Crippen LogP contribution in [0.5, 0.6) is 0 Å². The van der Waals surface area contributed by atoms with Crippen molar-refractivity contribution < 1.29 is 24.5 Å². The van der Waals surface area contributed by atoms with Gasteiger partial charge in [-0.25, -0.2) is 9.50 Å². The molecule has 10 heteroatoms. The first-order valence-electron chi connectivity index (χ1n) is 11.5. The summed E-state index contributed by atoms with van der Waals surface area (Å²) in [6.45, 7) is 5.69. The summed E-state index contributed by atoms with van der Waals surface area (Å²) in [6.07, 6.45) is -2.05. The van der Waals surface area contributed by atoms with E-state index in [0.717, 1.165) is 12.0 Å². The summed E-state index contributed by atoms with van der Waals surface area (Å²) in [6, 6.07) is 12.9. The highest BCUT2D eigenvalue weighted by Gasteiger charge is 2.57. The van der Waals surface area contributed by atoms with Crippen molar-refractivity contribution in [3.05, 3.63) is 59.5 Å². The van der Waals surface area contributed by atoms with Crippen LogP contribution >= 0.6 is 0 Å². The van der Waals surface area contributed by atoms with Crippen LogP contribution in [0.2, 0.25) is 0 Å². The fraction of sp³-hybridized carbons (Fsp3) is 0.440. The average molecular weight is 480 g/mol. The predicted octanol–water partition coefficient (Wildman–Crippen LogP) is 1.70. The Morgan fingerprint density at radius 1 is 1.26 bits per heavy atom. The number of hydrogen-bond acceptors (Lipinski definition) is 9. The number of benzene rings is 1. The number of aliphatic hydroxyl groups is 2. The zero-order chi connectivity index (χ0) is 25.3. The maximum Gasteiger partial charge on any atom is 0.313 e. The van der Waals surface area contributed by atoms with E-state index in [2.05, 4.69) is 23.9 Å². The topological polar surface area (TPSA) is 156 Å². The van der Waals surface area contributed by atoms with Crippen LogP contribution in [0.25, 0.3) is 5.52 Å². The monoisotopic (exact) mass is 479 g/mol. The van der Waals surface area contributed by atoms with Gasteiger partial charge in [0.1, 0.15) is 42.8 Å². The van der Waals surface area contributed by atoms with Crippen molar-refractivity contribution in [3.63, 3.8) is 0 Å². The third-order valence-corrected chi connectivity index (χ3v) is 6.35. The van der Waals surface area contributed by atoms with E-state index in [9.17, 15) is 20.3 Å². The number of carbonyl (C=O) groups is 1. The first-order chi connectivity index (χ1) is 16.7. The van der Waals surface area contributed by atoms with Crippen LogP contribution in [0, 0.1) is 17.2 Å². The summed E-state index contributed by atoms with van der Waals surface area (Å²) < 4.78 is 12.6. The second-order valence-corrected chi connectivity index (χ2v) is 9.29. The highest BCUT2D eigenvalue weighted by atomic mass is 16.6. The molecule has 2 aromatic heterocycles. The number of carbonyl (C=O) groups excluding carboxylic acids is 1. The molecule has 0 saturated carbocycles. The van der Waals surface area contributed by atoms with Gasteiger partial charge in [0.05, 0.1) is 11.6 Å². The van der Waals surface area contributed by atoms with E-state index in [4.69, 9.17) is 15.2 Å². The number of hydrogen-bond donors (Lipinski definition) is 3. The molecule has 184 valence electrons. The summed E-state index contributed by atoms with van der Waals surface area (Å²) in [5, 5.41) is 35.5. The van der Waals surface area contributed by atoms with Crippen molar-refractivity contribution in [3.8, 4) is 6.07 Å². The zero-order valence-electron chi connectivity index (χ0n) is 19.8. The lowest BCUT2D eigenvalue weighted by Gasteiger charge is -2.24. The van der Waals surface area contributed by atoms with E-state index >= 15 is 0 Å². The molecule has 0 bridgehead atoms. The summed E-state index contributed by atoms with van der Waals surface area (Å²) in [7, 11) is 0. The Bertz CT molecular complexity index is 1250. The van der Waals surface area contributed by atoms with Crippen LogP contribution < -0.4 is 5.73 Å². The molecule has 1 unspecified atom stereocenters. The molecule has 3 heterocycles. The van der Waals surface area contributed by atoms with E-state index in [1.165, 1.54) is 22.5 Å². The molecule has 0 aliphatic carbocycles. The number of anilines is 1. The van der Waals surface area contributed by atoms with Gasteiger partial charge in [0.2, 0.25) is 5.60 Å². The standard InChI is InChI=1S/C25H29N5O5/c1-14(2)10-16-4-6-17(7-5-16)15(3)24(33)34-11-19-21(31)22(32)25(12-26,35-19)20-9-8-18-23(27)28-13-29-30(18)20/h4-9,13-15,19,21-22,31-32H,10-11H2,1-3H3,(H2,27,28,29)/t15?,19-,21-,22-,25+/m1/s1. The molecule has 0 radical (unpaired) electrons. The van der Waals surface area contributed by atoms with E-state index < -0.39 is 35.8 Å². The quantitative estimate of drug-likeness (QED) is 0.429. The minimum absolute atomic E-state index is 0.180. The lowest BCUT2D eigenvalue weighted by atomic mass is 9.92. The maximum atomic E-state index is 12.7. The van der Waals surface area contributed by atoms with Crippen LogP contribution in [0.1, 0.15) is 43.5 Å². The van der Waals surface area contributed by atoms with E-state index in [1.807, 2.05) is 30.3 Å². The fourth-order valence-electron chi connectivity index (χ4n) is 4.39. The van der Waals surface area contributed by atoms with Gasteiger partial charge in [0, 0.05) is 0 Å². The number of aliphatic hydroxyl groups excluding tert-OH is 2. The van der Waals surface area contributed by atoms with Crippen molar-refractivity contribution in [1.82, 2.24) is 14.6 Å². The van der Waals surface area contributed by atoms with Gasteiger partial charge in [0.15, 0.2) is 5.82 Å². The Hall–Kier alpha value is -3.52. The van der Waals surface area contributed by atoms with E-state index in [0.29, 0.717) is 11.4 Å². The number of rotatable bonds is 7. The number of esters is 1. The Morgan fingerprint density at radius 3 is 2.63 bits per heavy atom. The van der Waals surface area contributed by atoms with Crippen molar-refractivity contribution >= 4 is 17.3 Å². The first-order valence-corrected chi connectivity index (χ1v) is 11.5. The molecule has 35 heavy (non-hydrogen) atoms. The third-order valence-electron chi connectivity index (χ3n) is 6.35. The molecule has 5 atom stereocenters. The molecule has 0 spiro atoms. The number of fused-ring (bicyclic) bond motifs is 1. The first kappa shape index (κ1) is 24.6. The fourth-order valence-corrected chi connectivity index (χ4v) is 4.39. The molecule has 1 aromatic carbocycles. The highest BCUT2D eigenvalue weighted by Crippen LogP contribution is 2.40.